The van der Waals surface area contributed by atoms with Gasteiger partial charge in [-0.15, -0.1) is 0 Å². The second kappa shape index (κ2) is 5.26. The minimum absolute atomic E-state index is 0.169. The lowest BCUT2D eigenvalue weighted by Gasteiger charge is -2.36. The number of rotatable bonds is 3. The Morgan fingerprint density at radius 3 is 2.39 bits per heavy atom. The molecule has 0 aromatic heterocycles. The van der Waals surface area contributed by atoms with Crippen molar-refractivity contribution in [2.75, 3.05) is 13.1 Å². The molecule has 1 aliphatic heterocycles. The summed E-state index contributed by atoms with van der Waals surface area (Å²) < 4.78 is 0. The van der Waals surface area contributed by atoms with Gasteiger partial charge in [-0.2, -0.15) is 0 Å². The molecule has 2 atom stereocenters. The van der Waals surface area contributed by atoms with Crippen molar-refractivity contribution in [2.45, 2.75) is 46.6 Å². The van der Waals surface area contributed by atoms with Gasteiger partial charge >= 0.3 is 5.97 Å². The van der Waals surface area contributed by atoms with Gasteiger partial charge in [-0.05, 0) is 31.7 Å². The molecule has 0 aromatic rings. The lowest BCUT2D eigenvalue weighted by molar-refractivity contribution is -0.147. The summed E-state index contributed by atoms with van der Waals surface area (Å²) in [6, 6.07) is -0.858. The lowest BCUT2D eigenvalue weighted by atomic mass is 9.80. The average molecular weight is 256 g/mol. The van der Waals surface area contributed by atoms with Crippen molar-refractivity contribution in [3.8, 4) is 0 Å². The molecule has 1 fully saturated rings. The van der Waals surface area contributed by atoms with Gasteiger partial charge < -0.3 is 15.7 Å². The standard InChI is InChI=1S/C13H24N2O3/c1-12(2,3)9(10(16)17)15-11(18)13(4)6-5-7-14-8-13/h9,14H,5-8H2,1-4H3,(H,15,18)(H,16,17)/t9-,13?/m1/s1. The summed E-state index contributed by atoms with van der Waals surface area (Å²) in [5.74, 6) is -1.15. The van der Waals surface area contributed by atoms with E-state index in [1.54, 1.807) is 0 Å². The highest BCUT2D eigenvalue weighted by Crippen LogP contribution is 2.27. The Bertz CT molecular complexity index is 328. The number of nitrogens with one attached hydrogen (secondary N) is 2. The fraction of sp³-hybridized carbons (Fsp3) is 0.846. The number of amides is 1. The molecule has 0 bridgehead atoms. The third-order valence-corrected chi connectivity index (χ3v) is 3.53. The third kappa shape index (κ3) is 3.45. The van der Waals surface area contributed by atoms with Crippen LogP contribution in [-0.2, 0) is 9.59 Å². The third-order valence-electron chi connectivity index (χ3n) is 3.53. The number of aliphatic carboxylic acids is 1. The van der Waals surface area contributed by atoms with Gasteiger partial charge in [0.05, 0.1) is 5.41 Å². The van der Waals surface area contributed by atoms with Crippen LogP contribution in [0.4, 0.5) is 0 Å². The first-order valence-electron chi connectivity index (χ1n) is 6.41. The molecular weight excluding hydrogens is 232 g/mol. The molecule has 104 valence electrons. The quantitative estimate of drug-likeness (QED) is 0.703. The molecule has 1 aliphatic rings. The first-order valence-corrected chi connectivity index (χ1v) is 6.41. The van der Waals surface area contributed by atoms with E-state index in [0.717, 1.165) is 19.4 Å². The summed E-state index contributed by atoms with van der Waals surface area (Å²) in [4.78, 5) is 23.5. The zero-order chi connectivity index (χ0) is 14.0. The molecule has 18 heavy (non-hydrogen) atoms. The number of carbonyl (C=O) groups excluding carboxylic acids is 1. The van der Waals surface area contributed by atoms with Crippen LogP contribution in [0.25, 0.3) is 0 Å². The Hall–Kier alpha value is -1.10. The van der Waals surface area contributed by atoms with Gasteiger partial charge in [0.15, 0.2) is 0 Å². The fourth-order valence-electron chi connectivity index (χ4n) is 2.20. The first-order chi connectivity index (χ1) is 8.17. The first kappa shape index (κ1) is 15.0. The van der Waals surface area contributed by atoms with E-state index in [1.807, 2.05) is 27.7 Å². The van der Waals surface area contributed by atoms with Crippen LogP contribution in [0.2, 0.25) is 0 Å². The maximum absolute atomic E-state index is 12.3. The molecule has 0 aromatic carbocycles. The molecular formula is C13H24N2O3. The molecule has 1 heterocycles. The second-order valence-electron chi connectivity index (χ2n) is 6.45. The largest absolute Gasteiger partial charge is 0.480 e. The van der Waals surface area contributed by atoms with Crippen LogP contribution in [0.3, 0.4) is 0 Å². The molecule has 5 nitrogen and oxygen atoms in total. The van der Waals surface area contributed by atoms with Crippen molar-refractivity contribution in [1.82, 2.24) is 10.6 Å². The van der Waals surface area contributed by atoms with Gasteiger partial charge in [0, 0.05) is 6.54 Å². The summed E-state index contributed by atoms with van der Waals surface area (Å²) in [7, 11) is 0. The van der Waals surface area contributed by atoms with Crippen molar-refractivity contribution >= 4 is 11.9 Å². The minimum atomic E-state index is -0.983. The Morgan fingerprint density at radius 1 is 1.39 bits per heavy atom. The number of piperidine rings is 1. The average Bonchev–Trinajstić information content (AvgIpc) is 2.24. The monoisotopic (exact) mass is 256 g/mol. The summed E-state index contributed by atoms with van der Waals surface area (Å²) >= 11 is 0. The highest BCUT2D eigenvalue weighted by atomic mass is 16.4. The highest BCUT2D eigenvalue weighted by Gasteiger charge is 2.39. The summed E-state index contributed by atoms with van der Waals surface area (Å²) in [6.45, 7) is 8.85. The molecule has 5 heteroatoms. The Balaban J connectivity index is 2.75. The molecule has 1 amide bonds. The van der Waals surface area contributed by atoms with Crippen molar-refractivity contribution in [2.24, 2.45) is 10.8 Å². The Kier molecular flexibility index (Phi) is 4.37. The molecule has 1 rings (SSSR count). The van der Waals surface area contributed by atoms with Crippen molar-refractivity contribution in [1.29, 1.82) is 0 Å². The molecule has 1 saturated heterocycles. The van der Waals surface area contributed by atoms with Gasteiger partial charge in [-0.25, -0.2) is 4.79 Å². The highest BCUT2D eigenvalue weighted by molar-refractivity contribution is 5.87. The van der Waals surface area contributed by atoms with E-state index < -0.39 is 22.8 Å². The Labute approximate surface area is 108 Å². The normalized spacial score (nSPS) is 26.4. The van der Waals surface area contributed by atoms with E-state index in [4.69, 9.17) is 0 Å². The van der Waals surface area contributed by atoms with E-state index in [1.165, 1.54) is 0 Å². The molecule has 0 radical (unpaired) electrons. The van der Waals surface area contributed by atoms with E-state index in [0.29, 0.717) is 6.54 Å². The van der Waals surface area contributed by atoms with Crippen LogP contribution in [-0.4, -0.2) is 36.1 Å². The van der Waals surface area contributed by atoms with Gasteiger partial charge in [0.2, 0.25) is 5.91 Å². The van der Waals surface area contributed by atoms with Crippen molar-refractivity contribution in [3.63, 3.8) is 0 Å². The Morgan fingerprint density at radius 2 is 2.00 bits per heavy atom. The van der Waals surface area contributed by atoms with Gasteiger partial charge in [0.25, 0.3) is 0 Å². The van der Waals surface area contributed by atoms with Crippen LogP contribution in [0.1, 0.15) is 40.5 Å². The summed E-state index contributed by atoms with van der Waals surface area (Å²) in [6.07, 6.45) is 1.74. The second-order valence-corrected chi connectivity index (χ2v) is 6.45. The van der Waals surface area contributed by atoms with Crippen LogP contribution >= 0.6 is 0 Å². The maximum Gasteiger partial charge on any atom is 0.326 e. The maximum atomic E-state index is 12.3. The summed E-state index contributed by atoms with van der Waals surface area (Å²) in [5, 5.41) is 15.1. The molecule has 0 spiro atoms. The predicted molar refractivity (Wildman–Crippen MR) is 69.2 cm³/mol. The van der Waals surface area contributed by atoms with Crippen molar-refractivity contribution < 1.29 is 14.7 Å². The molecule has 3 N–H and O–H groups in total. The fourth-order valence-corrected chi connectivity index (χ4v) is 2.20. The van der Waals surface area contributed by atoms with Crippen LogP contribution in [0.5, 0.6) is 0 Å². The smallest absolute Gasteiger partial charge is 0.326 e. The predicted octanol–water partition coefficient (Wildman–Crippen LogP) is 0.992. The van der Waals surface area contributed by atoms with Crippen LogP contribution in [0.15, 0.2) is 0 Å². The van der Waals surface area contributed by atoms with Gasteiger partial charge in [-0.3, -0.25) is 4.79 Å². The number of carboxylic acid groups (broad SMARTS) is 1. The minimum Gasteiger partial charge on any atom is -0.480 e. The molecule has 0 aliphatic carbocycles. The SMILES string of the molecule is CC1(C(=O)N[C@H](C(=O)O)C(C)(C)C)CCCNC1. The zero-order valence-electron chi connectivity index (χ0n) is 11.7. The van der Waals surface area contributed by atoms with E-state index in [-0.39, 0.29) is 5.91 Å². The summed E-state index contributed by atoms with van der Waals surface area (Å²) in [5.41, 5.74) is -1.00. The van der Waals surface area contributed by atoms with E-state index in [2.05, 4.69) is 10.6 Å². The molecule has 1 unspecified atom stereocenters. The topological polar surface area (TPSA) is 78.4 Å². The van der Waals surface area contributed by atoms with E-state index in [9.17, 15) is 14.7 Å². The lowest BCUT2D eigenvalue weighted by Crippen LogP contribution is -2.56. The number of hydrogen-bond donors (Lipinski definition) is 3. The molecule has 0 saturated carbocycles. The number of carbonyl (C=O) groups is 2. The van der Waals surface area contributed by atoms with Gasteiger partial charge in [-0.1, -0.05) is 20.8 Å². The zero-order valence-corrected chi connectivity index (χ0v) is 11.7. The number of hydrogen-bond acceptors (Lipinski definition) is 3. The van der Waals surface area contributed by atoms with Crippen LogP contribution in [0, 0.1) is 10.8 Å². The number of carboxylic acids is 1. The van der Waals surface area contributed by atoms with Crippen LogP contribution < -0.4 is 10.6 Å². The van der Waals surface area contributed by atoms with Crippen molar-refractivity contribution in [3.05, 3.63) is 0 Å². The van der Waals surface area contributed by atoms with E-state index >= 15 is 0 Å². The van der Waals surface area contributed by atoms with Gasteiger partial charge in [0.1, 0.15) is 6.04 Å².